The molecular formula is C19H28N4O4. The summed E-state index contributed by atoms with van der Waals surface area (Å²) >= 11 is 0. The lowest BCUT2D eigenvalue weighted by Crippen LogP contribution is -2.41. The smallest absolute Gasteiger partial charge is 0.332 e. The van der Waals surface area contributed by atoms with Gasteiger partial charge in [-0.25, -0.2) is 9.78 Å². The van der Waals surface area contributed by atoms with Crippen LogP contribution in [0.25, 0.3) is 11.0 Å². The third-order valence-electron chi connectivity index (χ3n) is 4.87. The van der Waals surface area contributed by atoms with Crippen molar-refractivity contribution in [1.29, 1.82) is 0 Å². The van der Waals surface area contributed by atoms with Crippen molar-refractivity contribution in [2.45, 2.75) is 40.2 Å². The van der Waals surface area contributed by atoms with Crippen LogP contribution in [0, 0.1) is 5.41 Å². The van der Waals surface area contributed by atoms with Gasteiger partial charge in [-0.2, -0.15) is 0 Å². The molecule has 1 N–H and O–H groups in total. The maximum Gasteiger partial charge on any atom is 0.332 e. The van der Waals surface area contributed by atoms with Crippen molar-refractivity contribution in [3.8, 4) is 0 Å². The van der Waals surface area contributed by atoms with Gasteiger partial charge in [-0.05, 0) is 17.4 Å². The van der Waals surface area contributed by atoms with E-state index in [0.717, 1.165) is 4.57 Å². The Kier molecular flexibility index (Phi) is 5.89. The normalized spacial score (nSPS) is 13.0. The predicted molar refractivity (Wildman–Crippen MR) is 104 cm³/mol. The lowest BCUT2D eigenvalue weighted by atomic mass is 9.89. The van der Waals surface area contributed by atoms with Crippen LogP contribution in [0.1, 0.15) is 43.6 Å². The topological polar surface area (TPSA) is 95.2 Å². The van der Waals surface area contributed by atoms with Gasteiger partial charge in [-0.15, -0.1) is 0 Å². The summed E-state index contributed by atoms with van der Waals surface area (Å²) in [6.07, 6.45) is 1.73. The fourth-order valence-corrected chi connectivity index (χ4v) is 3.17. The first-order valence-electron chi connectivity index (χ1n) is 8.93. The van der Waals surface area contributed by atoms with Crippen molar-refractivity contribution < 1.29 is 9.53 Å². The van der Waals surface area contributed by atoms with E-state index in [1.807, 2.05) is 27.7 Å². The number of fused-ring (bicyclic) bond motifs is 1. The molecule has 1 atom stereocenters. The number of carbonyl (C=O) groups excluding carboxylic acids is 1. The number of ether oxygens (including phenoxy) is 1. The van der Waals surface area contributed by atoms with Gasteiger partial charge in [0.05, 0.1) is 17.1 Å². The number of methoxy groups -OCH3 is 1. The highest BCUT2D eigenvalue weighted by Gasteiger charge is 2.26. The van der Waals surface area contributed by atoms with Crippen molar-refractivity contribution in [1.82, 2.24) is 19.4 Å². The Hall–Kier alpha value is -2.48. The molecule has 2 rings (SSSR count). The van der Waals surface area contributed by atoms with Crippen LogP contribution >= 0.6 is 0 Å². The second kappa shape index (κ2) is 7.64. The Morgan fingerprint density at radius 1 is 1.26 bits per heavy atom. The van der Waals surface area contributed by atoms with Crippen molar-refractivity contribution in [3.05, 3.63) is 38.2 Å². The molecule has 0 aliphatic rings. The summed E-state index contributed by atoms with van der Waals surface area (Å²) in [4.78, 5) is 41.8. The van der Waals surface area contributed by atoms with Gasteiger partial charge in [-0.1, -0.05) is 27.7 Å². The number of carbonyl (C=O) groups is 1. The lowest BCUT2D eigenvalue weighted by Gasteiger charge is -2.29. The van der Waals surface area contributed by atoms with E-state index in [9.17, 15) is 14.4 Å². The zero-order valence-electron chi connectivity index (χ0n) is 17.0. The van der Waals surface area contributed by atoms with Gasteiger partial charge in [0.25, 0.3) is 11.5 Å². The highest BCUT2D eigenvalue weighted by molar-refractivity contribution is 5.99. The maximum absolute atomic E-state index is 12.8. The Morgan fingerprint density at radius 3 is 2.41 bits per heavy atom. The molecule has 8 heteroatoms. The number of aromatic nitrogens is 3. The summed E-state index contributed by atoms with van der Waals surface area (Å²) in [5, 5.41) is 3.17. The van der Waals surface area contributed by atoms with Crippen molar-refractivity contribution in [2.24, 2.45) is 19.5 Å². The Balaban J connectivity index is 2.52. The van der Waals surface area contributed by atoms with E-state index in [0.29, 0.717) is 29.5 Å². The highest BCUT2D eigenvalue weighted by atomic mass is 16.5. The zero-order chi connectivity index (χ0) is 20.5. The average Bonchev–Trinajstić information content (AvgIpc) is 2.62. The van der Waals surface area contributed by atoms with Crippen LogP contribution in [-0.4, -0.2) is 39.8 Å². The summed E-state index contributed by atoms with van der Waals surface area (Å²) in [5.74, 6) is -0.316. The minimum absolute atomic E-state index is 0.133. The summed E-state index contributed by atoms with van der Waals surface area (Å²) in [6, 6.07) is 0. The summed E-state index contributed by atoms with van der Waals surface area (Å²) in [7, 11) is 4.59. The second-order valence-electron chi connectivity index (χ2n) is 7.71. The van der Waals surface area contributed by atoms with Crippen LogP contribution in [0.2, 0.25) is 0 Å². The molecule has 0 unspecified atom stereocenters. The molecule has 2 aromatic heterocycles. The monoisotopic (exact) mass is 376 g/mol. The van der Waals surface area contributed by atoms with Crippen LogP contribution in [0.4, 0.5) is 0 Å². The summed E-state index contributed by atoms with van der Waals surface area (Å²) in [5.41, 5.74) is 0.165. The Labute approximate surface area is 158 Å². The predicted octanol–water partition coefficient (Wildman–Crippen LogP) is 0.986. The van der Waals surface area contributed by atoms with E-state index in [1.165, 1.54) is 17.8 Å². The molecule has 8 nitrogen and oxygen atoms in total. The molecule has 0 radical (unpaired) electrons. The Bertz CT molecular complexity index is 982. The molecule has 0 saturated carbocycles. The van der Waals surface area contributed by atoms with E-state index in [1.54, 1.807) is 14.2 Å². The number of hydrogen-bond acceptors (Lipinski definition) is 5. The number of pyridine rings is 1. The molecule has 0 aromatic carbocycles. The second-order valence-corrected chi connectivity index (χ2v) is 7.71. The number of aryl methyl sites for hydroxylation is 2. The van der Waals surface area contributed by atoms with Crippen molar-refractivity contribution >= 4 is 16.9 Å². The van der Waals surface area contributed by atoms with E-state index in [2.05, 4.69) is 10.3 Å². The van der Waals surface area contributed by atoms with Gasteiger partial charge >= 0.3 is 5.69 Å². The molecule has 0 spiro atoms. The van der Waals surface area contributed by atoms with Crippen molar-refractivity contribution in [3.63, 3.8) is 0 Å². The molecule has 27 heavy (non-hydrogen) atoms. The molecule has 0 fully saturated rings. The maximum atomic E-state index is 12.8. The van der Waals surface area contributed by atoms with E-state index < -0.39 is 11.2 Å². The molecule has 0 aliphatic heterocycles. The number of hydrogen-bond donors (Lipinski definition) is 1. The molecule has 2 aromatic rings. The third-order valence-corrected chi connectivity index (χ3v) is 4.87. The SMILES string of the molecule is CCc1c(C(=O)NC[C@@H](OC)C(C)(C)C)cnc2c1c(=O)n(C)c(=O)n2C. The average molecular weight is 376 g/mol. The van der Waals surface area contributed by atoms with Gasteiger partial charge in [0.2, 0.25) is 0 Å². The molecule has 2 heterocycles. The first kappa shape index (κ1) is 20.8. The minimum atomic E-state index is -0.452. The molecule has 0 aliphatic carbocycles. The number of nitrogens with one attached hydrogen (secondary N) is 1. The fourth-order valence-electron chi connectivity index (χ4n) is 3.17. The quantitative estimate of drug-likeness (QED) is 0.839. The molecule has 0 bridgehead atoms. The number of rotatable bonds is 5. The van der Waals surface area contributed by atoms with E-state index in [-0.39, 0.29) is 23.1 Å². The van der Waals surface area contributed by atoms with Crippen molar-refractivity contribution in [2.75, 3.05) is 13.7 Å². The third kappa shape index (κ3) is 3.80. The van der Waals surface area contributed by atoms with Crippen LogP contribution < -0.4 is 16.6 Å². The largest absolute Gasteiger partial charge is 0.379 e. The first-order chi connectivity index (χ1) is 12.5. The molecular weight excluding hydrogens is 348 g/mol. The minimum Gasteiger partial charge on any atom is -0.379 e. The van der Waals surface area contributed by atoms with Gasteiger partial charge in [-0.3, -0.25) is 18.7 Å². The lowest BCUT2D eigenvalue weighted by molar-refractivity contribution is 0.0176. The standard InChI is InChI=1S/C19H28N4O4/c1-8-11-12(16(24)21-10-13(27-7)19(2,3)4)9-20-15-14(11)17(25)23(6)18(26)22(15)5/h9,13H,8,10H2,1-7H3,(H,21,24)/t13-/m1/s1. The first-order valence-corrected chi connectivity index (χ1v) is 8.93. The van der Waals surface area contributed by atoms with Crippen LogP contribution in [0.15, 0.2) is 15.8 Å². The number of amides is 1. The zero-order valence-corrected chi connectivity index (χ0v) is 17.0. The van der Waals surface area contributed by atoms with Crippen LogP contribution in [0.5, 0.6) is 0 Å². The van der Waals surface area contributed by atoms with Gasteiger partial charge in [0.15, 0.2) is 0 Å². The molecule has 148 valence electrons. The highest BCUT2D eigenvalue weighted by Crippen LogP contribution is 2.22. The van der Waals surface area contributed by atoms with Gasteiger partial charge < -0.3 is 10.1 Å². The van der Waals surface area contributed by atoms with Crippen LogP contribution in [0.3, 0.4) is 0 Å². The fraction of sp³-hybridized carbons (Fsp3) is 0.579. The van der Waals surface area contributed by atoms with Gasteiger partial charge in [0, 0.05) is 33.9 Å². The van der Waals surface area contributed by atoms with Crippen LogP contribution in [-0.2, 0) is 25.3 Å². The van der Waals surface area contributed by atoms with Gasteiger partial charge in [0.1, 0.15) is 5.65 Å². The molecule has 1 amide bonds. The number of nitrogens with zero attached hydrogens (tertiary/aromatic N) is 3. The molecule has 0 saturated heterocycles. The van der Waals surface area contributed by atoms with E-state index >= 15 is 0 Å². The summed E-state index contributed by atoms with van der Waals surface area (Å²) < 4.78 is 7.82. The summed E-state index contributed by atoms with van der Waals surface area (Å²) in [6.45, 7) is 8.31. The van der Waals surface area contributed by atoms with E-state index in [4.69, 9.17) is 4.74 Å². The Morgan fingerprint density at radius 2 is 1.89 bits per heavy atom.